The van der Waals surface area contributed by atoms with E-state index < -0.39 is 57.0 Å². The molecule has 2 N–H and O–H groups in total. The Bertz CT molecular complexity index is 1140. The number of benzene rings is 1. The van der Waals surface area contributed by atoms with Gasteiger partial charge >= 0.3 is 28.1 Å². The van der Waals surface area contributed by atoms with Gasteiger partial charge in [-0.1, -0.05) is 33.7 Å². The number of carbonyl (C=O) groups excluding carboxylic acids is 2. The topological polar surface area (TPSA) is 95.4 Å². The van der Waals surface area contributed by atoms with Crippen LogP contribution in [0.3, 0.4) is 0 Å². The van der Waals surface area contributed by atoms with Gasteiger partial charge in [-0.3, -0.25) is 0 Å². The first-order chi connectivity index (χ1) is 18.0. The van der Waals surface area contributed by atoms with Crippen molar-refractivity contribution in [1.82, 2.24) is 19.7 Å². The monoisotopic (exact) mass is 640 g/mol. The van der Waals surface area contributed by atoms with Crippen molar-refractivity contribution in [3.05, 3.63) is 28.2 Å². The lowest BCUT2D eigenvalue weighted by Gasteiger charge is -2.55. The lowest BCUT2D eigenvalue weighted by molar-refractivity contribution is -0.468. The predicted molar refractivity (Wildman–Crippen MR) is 164 cm³/mol. The summed E-state index contributed by atoms with van der Waals surface area (Å²) in [5, 5.41) is 4.46. The first-order valence-electron chi connectivity index (χ1n) is 13.2. The Labute approximate surface area is 251 Å². The SMILES string of the molecule is CC(C)OC(=O)NN(C(=O)OC(C)C)[P@]1(NC(C)(C)C)=[N+](C(C)(C)C)[P@@](Oc2c(Cl)cccc2Cl)N1C(C)(C)C. The minimum atomic E-state index is -3.22. The van der Waals surface area contributed by atoms with Crippen molar-refractivity contribution in [2.24, 2.45) is 0 Å². The number of halogens is 2. The molecule has 1 heterocycles. The van der Waals surface area contributed by atoms with Crippen LogP contribution >= 0.6 is 39.2 Å². The van der Waals surface area contributed by atoms with Crippen LogP contribution in [0.4, 0.5) is 9.59 Å². The van der Waals surface area contributed by atoms with Crippen LogP contribution < -0.4 is 15.0 Å². The highest BCUT2D eigenvalue weighted by Crippen LogP contribution is 2.80. The molecule has 1 aromatic rings. The molecule has 2 atom stereocenters. The van der Waals surface area contributed by atoms with E-state index in [1.807, 2.05) is 62.3 Å². The Morgan fingerprint density at radius 2 is 1.45 bits per heavy atom. The molecule has 2 rings (SSSR count). The summed E-state index contributed by atoms with van der Waals surface area (Å²) in [6.07, 6.45) is -2.36. The average Bonchev–Trinajstić information content (AvgIpc) is 2.68. The van der Waals surface area contributed by atoms with Crippen molar-refractivity contribution in [2.45, 2.75) is 119 Å². The molecule has 0 unspecified atom stereocenters. The van der Waals surface area contributed by atoms with Crippen molar-refractivity contribution >= 4 is 51.3 Å². The number of hydrazine groups is 1. The van der Waals surface area contributed by atoms with Gasteiger partial charge in [0.1, 0.15) is 0 Å². The molecule has 0 aromatic heterocycles. The number of amides is 2. The van der Waals surface area contributed by atoms with Gasteiger partial charge in [-0.05, 0) is 102 Å². The lowest BCUT2D eigenvalue weighted by atomic mass is 10.1. The van der Waals surface area contributed by atoms with Gasteiger partial charge in [-0.15, -0.1) is 8.88 Å². The van der Waals surface area contributed by atoms with E-state index in [1.54, 1.807) is 45.9 Å². The Morgan fingerprint density at radius 1 is 0.950 bits per heavy atom. The zero-order chi connectivity index (χ0) is 31.0. The highest BCUT2D eigenvalue weighted by atomic mass is 35.5. The maximum atomic E-state index is 13.9. The quantitative estimate of drug-likeness (QED) is 0.237. The summed E-state index contributed by atoms with van der Waals surface area (Å²) in [5.74, 6) is 0.345. The van der Waals surface area contributed by atoms with Gasteiger partial charge < -0.3 is 14.0 Å². The molecule has 0 fully saturated rings. The van der Waals surface area contributed by atoms with Crippen molar-refractivity contribution in [1.29, 1.82) is 0 Å². The van der Waals surface area contributed by atoms with Gasteiger partial charge in [-0.2, -0.15) is 0 Å². The summed E-state index contributed by atoms with van der Waals surface area (Å²) in [4.78, 5) is 27.0. The molecule has 2 amide bonds. The summed E-state index contributed by atoms with van der Waals surface area (Å²) in [6.45, 7) is 25.1. The molecule has 0 spiro atoms. The Kier molecular flexibility index (Phi) is 10.9. The first-order valence-corrected chi connectivity index (χ1v) is 16.8. The maximum absolute atomic E-state index is 13.9. The third-order valence-corrected chi connectivity index (χ3v) is 14.2. The minimum Gasteiger partial charge on any atom is -0.446 e. The van der Waals surface area contributed by atoms with Crippen LogP contribution in [0.15, 0.2) is 18.2 Å². The van der Waals surface area contributed by atoms with Crippen LogP contribution in [0.1, 0.15) is 90.0 Å². The maximum Gasteiger partial charge on any atom is 0.497 e. The summed E-state index contributed by atoms with van der Waals surface area (Å²) in [7, 11) is -4.84. The van der Waals surface area contributed by atoms with Crippen molar-refractivity contribution < 1.29 is 27.7 Å². The fraction of sp³-hybridized carbons (Fsp3) is 0.692. The molecule has 1 aromatic carbocycles. The molecule has 1 aliphatic heterocycles. The van der Waals surface area contributed by atoms with Gasteiger partial charge in [0.25, 0.3) is 0 Å². The molecular weight excluding hydrogens is 595 g/mol. The van der Waals surface area contributed by atoms with E-state index >= 15 is 0 Å². The number of carbonyl (C=O) groups is 2. The molecular formula is C26H46Cl2N5O5P2+. The van der Waals surface area contributed by atoms with E-state index in [1.165, 1.54) is 4.78 Å². The lowest BCUT2D eigenvalue weighted by Crippen LogP contribution is -2.64. The summed E-state index contributed by atoms with van der Waals surface area (Å²) >= 11 is 13.1. The summed E-state index contributed by atoms with van der Waals surface area (Å²) < 4.78 is 23.3. The second-order valence-corrected chi connectivity index (χ2v) is 18.5. The van der Waals surface area contributed by atoms with E-state index in [-0.39, 0.29) is 0 Å². The fourth-order valence-corrected chi connectivity index (χ4v) is 13.3. The second-order valence-electron chi connectivity index (χ2n) is 13.1. The van der Waals surface area contributed by atoms with Crippen LogP contribution in [0.2, 0.25) is 10.0 Å². The summed E-state index contributed by atoms with van der Waals surface area (Å²) in [6, 6.07) is 5.18. The number of rotatable bonds is 6. The molecule has 14 heteroatoms. The summed E-state index contributed by atoms with van der Waals surface area (Å²) in [5.41, 5.74) is 1.06. The molecule has 40 heavy (non-hydrogen) atoms. The van der Waals surface area contributed by atoms with Crippen molar-refractivity contribution in [3.63, 3.8) is 0 Å². The molecule has 0 bridgehead atoms. The van der Waals surface area contributed by atoms with E-state index in [4.69, 9.17) is 37.2 Å². The predicted octanol–water partition coefficient (Wildman–Crippen LogP) is 8.76. The van der Waals surface area contributed by atoms with Crippen LogP contribution in [0.5, 0.6) is 5.75 Å². The number of hydrogen-bond acceptors (Lipinski definition) is 7. The number of nitrogens with zero attached hydrogens (tertiary/aromatic N) is 3. The van der Waals surface area contributed by atoms with E-state index in [0.29, 0.717) is 15.8 Å². The molecule has 0 aliphatic carbocycles. The Hall–Kier alpha value is -1.28. The van der Waals surface area contributed by atoms with Gasteiger partial charge in [0.2, 0.25) is 0 Å². The molecule has 1 aliphatic rings. The second kappa shape index (κ2) is 12.5. The van der Waals surface area contributed by atoms with Crippen LogP contribution in [-0.4, -0.2) is 54.3 Å². The molecule has 0 saturated heterocycles. The Morgan fingerprint density at radius 3 is 1.85 bits per heavy atom. The van der Waals surface area contributed by atoms with Crippen LogP contribution in [0, 0.1) is 0 Å². The van der Waals surface area contributed by atoms with Gasteiger partial charge in [0, 0.05) is 11.1 Å². The molecule has 0 saturated carbocycles. The van der Waals surface area contributed by atoms with Gasteiger partial charge in [-0.25, -0.2) is 20.1 Å². The first kappa shape index (κ1) is 34.9. The number of ether oxygens (including phenoxy) is 2. The highest BCUT2D eigenvalue weighted by Gasteiger charge is 2.73. The van der Waals surface area contributed by atoms with Gasteiger partial charge in [0.05, 0.1) is 22.3 Å². The highest BCUT2D eigenvalue weighted by molar-refractivity contribution is 7.75. The van der Waals surface area contributed by atoms with E-state index in [0.717, 1.165) is 0 Å². The number of para-hydroxylation sites is 1. The zero-order valence-corrected chi connectivity index (χ0v) is 29.2. The van der Waals surface area contributed by atoms with E-state index in [2.05, 4.69) is 19.1 Å². The normalized spacial score (nSPS) is 20.3. The van der Waals surface area contributed by atoms with Crippen molar-refractivity contribution in [3.8, 4) is 5.75 Å². The molecule has 228 valence electrons. The van der Waals surface area contributed by atoms with E-state index in [9.17, 15) is 9.59 Å². The third kappa shape index (κ3) is 7.96. The van der Waals surface area contributed by atoms with Crippen LogP contribution in [-0.2, 0) is 9.47 Å². The standard InChI is InChI=1S/C26H45Cl2N5O5P2/c1-17(2)36-22(34)29-31(23(35)37-18(3)4)40(30-24(5,6)7)32(25(8,9)10)39(33(40)26(11,12)13)38-21-19(27)15-14-16-20(21)28/h14-18H,1-13H3,(H,29,34)/p+1/t39-,40-. The minimum absolute atomic E-state index is 0.345. The molecule has 0 radical (unpaired) electrons. The third-order valence-electron chi connectivity index (χ3n) is 4.96. The Balaban J connectivity index is 3.02. The average molecular weight is 642 g/mol. The fourth-order valence-electron chi connectivity index (χ4n) is 3.99. The molecule has 10 nitrogen and oxygen atoms in total. The zero-order valence-electron chi connectivity index (χ0n) is 25.9. The largest absolute Gasteiger partial charge is 0.497 e. The van der Waals surface area contributed by atoms with Crippen LogP contribution in [0.25, 0.3) is 0 Å². The van der Waals surface area contributed by atoms with Gasteiger partial charge in [0.15, 0.2) is 11.3 Å². The smallest absolute Gasteiger partial charge is 0.446 e. The number of nitrogens with one attached hydrogen (secondary N) is 2. The number of hydrogen-bond donors (Lipinski definition) is 2. The van der Waals surface area contributed by atoms with Crippen molar-refractivity contribution in [2.75, 3.05) is 0 Å².